The van der Waals surface area contributed by atoms with Crippen molar-refractivity contribution in [3.05, 3.63) is 59.4 Å². The van der Waals surface area contributed by atoms with Crippen LogP contribution < -0.4 is 10.0 Å². The van der Waals surface area contributed by atoms with Crippen molar-refractivity contribution >= 4 is 33.4 Å². The van der Waals surface area contributed by atoms with Crippen molar-refractivity contribution in [1.82, 2.24) is 4.72 Å². The fourth-order valence-electron chi connectivity index (χ4n) is 2.54. The van der Waals surface area contributed by atoms with E-state index in [0.717, 1.165) is 6.07 Å². The quantitative estimate of drug-likeness (QED) is 0.542. The number of nitrogens with one attached hydrogen (secondary N) is 2. The molecule has 2 aromatic rings. The number of hydrogen-bond donors (Lipinski definition) is 2. The molecule has 30 heavy (non-hydrogen) atoms. The van der Waals surface area contributed by atoms with Crippen molar-refractivity contribution in [3.63, 3.8) is 0 Å². The van der Waals surface area contributed by atoms with Gasteiger partial charge < -0.3 is 10.1 Å². The highest BCUT2D eigenvalue weighted by molar-refractivity contribution is 7.90. The van der Waals surface area contributed by atoms with E-state index in [-0.39, 0.29) is 16.3 Å². The second-order valence-electron chi connectivity index (χ2n) is 6.13. The maximum absolute atomic E-state index is 13.5. The van der Waals surface area contributed by atoms with Crippen LogP contribution in [0.2, 0.25) is 0 Å². The van der Waals surface area contributed by atoms with Crippen molar-refractivity contribution < 1.29 is 35.9 Å². The van der Waals surface area contributed by atoms with Crippen molar-refractivity contribution in [1.29, 1.82) is 0 Å². The van der Waals surface area contributed by atoms with Crippen LogP contribution in [0.15, 0.2) is 46.3 Å². The van der Waals surface area contributed by atoms with Gasteiger partial charge in [0.05, 0.1) is 10.6 Å². The number of hydrogen-bond acceptors (Lipinski definition) is 6. The van der Waals surface area contributed by atoms with Crippen molar-refractivity contribution in [3.8, 4) is 0 Å². The van der Waals surface area contributed by atoms with Crippen molar-refractivity contribution in [2.75, 3.05) is 11.9 Å². The lowest BCUT2D eigenvalue weighted by Crippen LogP contribution is -2.29. The van der Waals surface area contributed by atoms with Crippen LogP contribution in [-0.4, -0.2) is 38.8 Å². The molecule has 12 heteroatoms. The summed E-state index contributed by atoms with van der Waals surface area (Å²) >= 11 is 0. The highest BCUT2D eigenvalue weighted by atomic mass is 32.2. The monoisotopic (exact) mass is 441 g/mol. The first kappa shape index (κ1) is 21.3. The van der Waals surface area contributed by atoms with Gasteiger partial charge in [-0.25, -0.2) is 26.4 Å². The van der Waals surface area contributed by atoms with Crippen LogP contribution in [0.4, 0.5) is 18.9 Å². The molecule has 0 radical (unpaired) electrons. The third-order valence-electron chi connectivity index (χ3n) is 3.98. The molecule has 0 fully saturated rings. The van der Waals surface area contributed by atoms with Crippen LogP contribution in [0.25, 0.3) is 0 Å². The van der Waals surface area contributed by atoms with Gasteiger partial charge in [0.25, 0.3) is 15.9 Å². The predicted octanol–water partition coefficient (Wildman–Crippen LogP) is 1.71. The number of esters is 1. The van der Waals surface area contributed by atoms with Crippen LogP contribution >= 0.6 is 0 Å². The maximum atomic E-state index is 13.5. The van der Waals surface area contributed by atoms with Crippen molar-refractivity contribution in [2.45, 2.75) is 17.9 Å². The Labute approximate surface area is 168 Å². The van der Waals surface area contributed by atoms with E-state index < -0.39 is 57.7 Å². The Bertz CT molecular complexity index is 1170. The smallest absolute Gasteiger partial charge is 0.331 e. The molecule has 1 atom stereocenters. The third-order valence-corrected chi connectivity index (χ3v) is 5.38. The lowest BCUT2D eigenvalue weighted by atomic mass is 10.2. The number of carbonyl (C=O) groups excluding carboxylic acids is 2. The Morgan fingerprint density at radius 1 is 1.13 bits per heavy atom. The Balaban J connectivity index is 1.62. The van der Waals surface area contributed by atoms with Gasteiger partial charge >= 0.3 is 5.97 Å². The van der Waals surface area contributed by atoms with Gasteiger partial charge in [0, 0.05) is 5.56 Å². The number of aliphatic imine (C=N–C) groups is 1. The van der Waals surface area contributed by atoms with E-state index in [1.165, 1.54) is 25.1 Å². The molecule has 0 aromatic heterocycles. The minimum Gasteiger partial charge on any atom is -0.454 e. The maximum Gasteiger partial charge on any atom is 0.331 e. The molecule has 0 unspecified atom stereocenters. The Hall–Kier alpha value is -3.41. The number of anilines is 1. The number of benzene rings is 2. The molecule has 2 aromatic carbocycles. The molecule has 1 aliphatic rings. The number of sulfonamides is 1. The molecule has 158 valence electrons. The van der Waals surface area contributed by atoms with Gasteiger partial charge in [-0.15, -0.1) is 0 Å². The van der Waals surface area contributed by atoms with Crippen LogP contribution in [0.5, 0.6) is 0 Å². The minimum absolute atomic E-state index is 0.0113. The zero-order valence-electron chi connectivity index (χ0n) is 15.3. The van der Waals surface area contributed by atoms with Gasteiger partial charge in [0.15, 0.2) is 24.1 Å². The molecule has 1 aliphatic heterocycles. The summed E-state index contributed by atoms with van der Waals surface area (Å²) in [6, 6.07) is 6.28. The second kappa shape index (κ2) is 8.14. The topological polar surface area (TPSA) is 114 Å². The summed E-state index contributed by atoms with van der Waals surface area (Å²) in [7, 11) is -3.79. The molecule has 0 spiro atoms. The van der Waals surface area contributed by atoms with E-state index >= 15 is 0 Å². The number of ether oxygens (including phenoxy) is 1. The number of rotatable bonds is 5. The van der Waals surface area contributed by atoms with E-state index in [2.05, 4.69) is 9.71 Å². The molecular weight excluding hydrogens is 427 g/mol. The number of nitrogens with zero attached hydrogens (tertiary/aromatic N) is 1. The van der Waals surface area contributed by atoms with E-state index in [1.807, 2.05) is 5.32 Å². The molecular formula is C18H14F3N3O5S. The molecule has 2 N–H and O–H groups in total. The summed E-state index contributed by atoms with van der Waals surface area (Å²) < 4.78 is 70.7. The minimum atomic E-state index is -3.79. The van der Waals surface area contributed by atoms with Gasteiger partial charge in [-0.3, -0.25) is 14.5 Å². The fraction of sp³-hybridized carbons (Fsp3) is 0.167. The molecule has 3 rings (SSSR count). The summed E-state index contributed by atoms with van der Waals surface area (Å²) in [6.07, 6.45) is 0. The second-order valence-corrected chi connectivity index (χ2v) is 7.78. The summed E-state index contributed by atoms with van der Waals surface area (Å²) in [5.41, 5.74) is -0.344. The fourth-order valence-corrected chi connectivity index (χ4v) is 3.78. The van der Waals surface area contributed by atoms with Crippen molar-refractivity contribution in [2.24, 2.45) is 4.99 Å². The molecule has 0 aliphatic carbocycles. The number of carbonyl (C=O) groups is 2. The molecule has 8 nitrogen and oxygen atoms in total. The predicted molar refractivity (Wildman–Crippen MR) is 98.7 cm³/mol. The SMILES string of the molecule is C[C@H](N=C1NS(=O)(=O)c2ccccc21)C(=O)OCC(=O)Nc1ccc(F)c(F)c1F. The highest BCUT2D eigenvalue weighted by Crippen LogP contribution is 2.23. The Morgan fingerprint density at radius 2 is 1.83 bits per heavy atom. The molecule has 1 heterocycles. The average molecular weight is 441 g/mol. The van der Waals surface area contributed by atoms with Gasteiger partial charge in [-0.05, 0) is 31.2 Å². The largest absolute Gasteiger partial charge is 0.454 e. The van der Waals surface area contributed by atoms with Crippen LogP contribution in [0, 0.1) is 17.5 Å². The lowest BCUT2D eigenvalue weighted by Gasteiger charge is -2.10. The highest BCUT2D eigenvalue weighted by Gasteiger charge is 2.31. The zero-order valence-corrected chi connectivity index (χ0v) is 16.1. The van der Waals surface area contributed by atoms with E-state index in [4.69, 9.17) is 4.74 Å². The Kier molecular flexibility index (Phi) is 5.78. The molecule has 0 saturated heterocycles. The summed E-state index contributed by atoms with van der Waals surface area (Å²) in [4.78, 5) is 27.8. The van der Waals surface area contributed by atoms with E-state index in [0.29, 0.717) is 6.07 Å². The van der Waals surface area contributed by atoms with Crippen LogP contribution in [0.1, 0.15) is 12.5 Å². The van der Waals surface area contributed by atoms with Gasteiger partial charge in [0.2, 0.25) is 0 Å². The third kappa shape index (κ3) is 4.27. The first-order valence-corrected chi connectivity index (χ1v) is 9.88. The summed E-state index contributed by atoms with van der Waals surface area (Å²) in [6.45, 7) is 0.465. The molecule has 0 saturated carbocycles. The van der Waals surface area contributed by atoms with Gasteiger partial charge in [-0.2, -0.15) is 0 Å². The zero-order chi connectivity index (χ0) is 22.1. The Morgan fingerprint density at radius 3 is 2.57 bits per heavy atom. The standard InChI is InChI=1S/C18H14F3N3O5S/c1-9(22-17-10-4-2-3-5-13(10)30(27,28)24-17)18(26)29-8-14(25)23-12-7-6-11(19)15(20)16(12)21/h2-7,9H,8H2,1H3,(H,22,24)(H,23,25)/t9-/m0/s1. The van der Waals surface area contributed by atoms with Gasteiger partial charge in [-0.1, -0.05) is 12.1 Å². The number of fused-ring (bicyclic) bond motifs is 1. The van der Waals surface area contributed by atoms with Crippen LogP contribution in [0.3, 0.4) is 0 Å². The summed E-state index contributed by atoms with van der Waals surface area (Å²) in [5, 5.41) is 1.94. The first-order chi connectivity index (χ1) is 14.1. The average Bonchev–Trinajstić information content (AvgIpc) is 2.97. The first-order valence-electron chi connectivity index (χ1n) is 8.40. The number of halogens is 3. The summed E-state index contributed by atoms with van der Waals surface area (Å²) in [5.74, 6) is -6.79. The number of amidine groups is 1. The van der Waals surface area contributed by atoms with E-state index in [1.54, 1.807) is 6.07 Å². The molecule has 0 bridgehead atoms. The number of amides is 1. The molecule has 1 amide bonds. The van der Waals surface area contributed by atoms with Crippen LogP contribution in [-0.2, 0) is 24.3 Å². The van der Waals surface area contributed by atoms with Gasteiger partial charge in [0.1, 0.15) is 11.9 Å². The van der Waals surface area contributed by atoms with E-state index in [9.17, 15) is 31.2 Å². The lowest BCUT2D eigenvalue weighted by molar-refractivity contribution is -0.148. The normalized spacial score (nSPS) is 16.5.